The van der Waals surface area contributed by atoms with Crippen molar-refractivity contribution in [1.82, 2.24) is 10.6 Å². The standard InChI is InChI=1S/C30H40BBrN2O5/c1-16(2)13-24(31-38-23-15-19-14-22(29(19,4)5)30(23,6)39-31)33-28(37)26(17(3)35)34-27(36)21-12-11-18-9-7-8-10-20(18)25(21)32/h7-12,16-17,19,22-24,26,35H,13-15H2,1-6H3,(H,33,37)(H,34,36)/t17-,19-,22-,23-,24+,26+,30+/m1/s1. The Kier molecular flexibility index (Phi) is 7.68. The molecule has 2 amide bonds. The van der Waals surface area contributed by atoms with Crippen molar-refractivity contribution < 1.29 is 24.0 Å². The molecular formula is C30H40BBrN2O5. The molecule has 210 valence electrons. The number of halogens is 1. The van der Waals surface area contributed by atoms with E-state index in [1.54, 1.807) is 6.07 Å². The molecule has 3 saturated carbocycles. The Labute approximate surface area is 240 Å². The van der Waals surface area contributed by atoms with Gasteiger partial charge in [0, 0.05) is 4.47 Å². The molecule has 3 aliphatic carbocycles. The van der Waals surface area contributed by atoms with Crippen LogP contribution in [0.25, 0.3) is 10.8 Å². The van der Waals surface area contributed by atoms with Gasteiger partial charge in [0.2, 0.25) is 5.91 Å². The Morgan fingerprint density at radius 2 is 1.82 bits per heavy atom. The molecule has 2 bridgehead atoms. The molecule has 2 aromatic rings. The summed E-state index contributed by atoms with van der Waals surface area (Å²) in [6.45, 7) is 12.5. The highest BCUT2D eigenvalue weighted by molar-refractivity contribution is 9.10. The number of carbonyl (C=O) groups is 2. The van der Waals surface area contributed by atoms with Crippen LogP contribution in [-0.2, 0) is 14.1 Å². The van der Waals surface area contributed by atoms with Crippen LogP contribution in [0.15, 0.2) is 40.9 Å². The lowest BCUT2D eigenvalue weighted by molar-refractivity contribution is -0.199. The first-order valence-electron chi connectivity index (χ1n) is 14.1. The molecule has 0 unspecified atom stereocenters. The predicted molar refractivity (Wildman–Crippen MR) is 156 cm³/mol. The van der Waals surface area contributed by atoms with Gasteiger partial charge in [-0.05, 0) is 89.0 Å². The molecular weight excluding hydrogens is 559 g/mol. The number of rotatable bonds is 8. The van der Waals surface area contributed by atoms with Crippen LogP contribution in [-0.4, -0.2) is 53.8 Å². The lowest BCUT2D eigenvalue weighted by Crippen LogP contribution is -2.65. The number of hydrogen-bond acceptors (Lipinski definition) is 5. The zero-order valence-corrected chi connectivity index (χ0v) is 25.2. The van der Waals surface area contributed by atoms with Crippen LogP contribution >= 0.6 is 15.9 Å². The van der Waals surface area contributed by atoms with Crippen LogP contribution in [0.4, 0.5) is 0 Å². The van der Waals surface area contributed by atoms with E-state index >= 15 is 0 Å². The Morgan fingerprint density at radius 1 is 1.10 bits per heavy atom. The number of aliphatic hydroxyl groups is 1. The van der Waals surface area contributed by atoms with E-state index in [2.05, 4.69) is 61.2 Å². The monoisotopic (exact) mass is 598 g/mol. The summed E-state index contributed by atoms with van der Waals surface area (Å²) in [5, 5.41) is 18.3. The topological polar surface area (TPSA) is 96.9 Å². The van der Waals surface area contributed by atoms with Gasteiger partial charge in [0.25, 0.3) is 5.91 Å². The van der Waals surface area contributed by atoms with Crippen LogP contribution in [0.1, 0.15) is 71.2 Å². The third kappa shape index (κ3) is 5.05. The van der Waals surface area contributed by atoms with Crippen molar-refractivity contribution in [2.45, 2.75) is 90.6 Å². The maximum Gasteiger partial charge on any atom is 0.481 e. The maximum atomic E-state index is 13.6. The van der Waals surface area contributed by atoms with Crippen LogP contribution in [0.3, 0.4) is 0 Å². The molecule has 0 radical (unpaired) electrons. The molecule has 1 saturated heterocycles. The average molecular weight is 599 g/mol. The predicted octanol–water partition coefficient (Wildman–Crippen LogP) is 4.88. The number of hydrogen-bond donors (Lipinski definition) is 3. The van der Waals surface area contributed by atoms with E-state index in [9.17, 15) is 14.7 Å². The van der Waals surface area contributed by atoms with Crippen molar-refractivity contribution in [1.29, 1.82) is 0 Å². The lowest BCUT2D eigenvalue weighted by Gasteiger charge is -2.64. The molecule has 1 aliphatic heterocycles. The Morgan fingerprint density at radius 3 is 2.49 bits per heavy atom. The molecule has 0 spiro atoms. The smallest absolute Gasteiger partial charge is 0.404 e. The van der Waals surface area contributed by atoms with E-state index in [1.165, 1.54) is 6.92 Å². The summed E-state index contributed by atoms with van der Waals surface area (Å²) in [5.41, 5.74) is 0.231. The zero-order valence-electron chi connectivity index (χ0n) is 23.7. The molecule has 7 atom stereocenters. The first-order valence-corrected chi connectivity index (χ1v) is 14.9. The van der Waals surface area contributed by atoms with E-state index in [1.807, 2.05) is 30.3 Å². The highest BCUT2D eigenvalue weighted by atomic mass is 79.9. The van der Waals surface area contributed by atoms with Gasteiger partial charge in [-0.15, -0.1) is 0 Å². The number of nitrogens with one attached hydrogen (secondary N) is 2. The highest BCUT2D eigenvalue weighted by Crippen LogP contribution is 2.65. The Hall–Kier alpha value is -1.94. The minimum Gasteiger partial charge on any atom is -0.404 e. The zero-order chi connectivity index (χ0) is 28.3. The molecule has 0 aromatic heterocycles. The first-order chi connectivity index (χ1) is 18.3. The fourth-order valence-electron chi connectivity index (χ4n) is 7.12. The second-order valence-electron chi connectivity index (χ2n) is 12.9. The normalized spacial score (nSPS) is 29.4. The molecule has 9 heteroatoms. The van der Waals surface area contributed by atoms with E-state index in [-0.39, 0.29) is 23.0 Å². The summed E-state index contributed by atoms with van der Waals surface area (Å²) in [4.78, 5) is 26.8. The summed E-state index contributed by atoms with van der Waals surface area (Å²) < 4.78 is 13.8. The van der Waals surface area contributed by atoms with E-state index in [4.69, 9.17) is 9.31 Å². The highest BCUT2D eigenvalue weighted by Gasteiger charge is 2.68. The third-order valence-electron chi connectivity index (χ3n) is 9.51. The van der Waals surface area contributed by atoms with Gasteiger partial charge in [0.15, 0.2) is 0 Å². The van der Waals surface area contributed by atoms with Crippen LogP contribution in [0.5, 0.6) is 0 Å². The van der Waals surface area contributed by atoms with E-state index in [0.29, 0.717) is 28.3 Å². The molecule has 39 heavy (non-hydrogen) atoms. The Balaban J connectivity index is 1.32. The number of carbonyl (C=O) groups excluding carboxylic acids is 2. The van der Waals surface area contributed by atoms with Crippen molar-refractivity contribution in [3.63, 3.8) is 0 Å². The van der Waals surface area contributed by atoms with Gasteiger partial charge < -0.3 is 25.0 Å². The van der Waals surface area contributed by atoms with Crippen molar-refractivity contribution in [3.8, 4) is 0 Å². The van der Waals surface area contributed by atoms with Crippen LogP contribution in [0, 0.1) is 23.2 Å². The number of benzene rings is 2. The molecule has 2 aromatic carbocycles. The minimum absolute atomic E-state index is 0.00311. The van der Waals surface area contributed by atoms with Gasteiger partial charge in [-0.1, -0.05) is 58.0 Å². The SMILES string of the molecule is CC(C)C[C@H](NC(=O)[C@@H](NC(=O)c1ccc2ccccc2c1Br)[C@@H](C)O)B1O[C@@H]2C[C@H]3C[C@H](C3(C)C)[C@]2(C)O1. The molecule has 6 rings (SSSR count). The molecule has 4 aliphatic rings. The van der Waals surface area contributed by atoms with Gasteiger partial charge in [-0.3, -0.25) is 9.59 Å². The maximum absolute atomic E-state index is 13.6. The van der Waals surface area contributed by atoms with Crippen LogP contribution in [0.2, 0.25) is 0 Å². The summed E-state index contributed by atoms with van der Waals surface area (Å²) in [5.74, 6) is 0.00660. The van der Waals surface area contributed by atoms with Gasteiger partial charge in [-0.25, -0.2) is 0 Å². The Bertz CT molecular complexity index is 1270. The summed E-state index contributed by atoms with van der Waals surface area (Å²) in [6, 6.07) is 10.2. The van der Waals surface area contributed by atoms with E-state index < -0.39 is 37.0 Å². The second-order valence-corrected chi connectivity index (χ2v) is 13.7. The summed E-state index contributed by atoms with van der Waals surface area (Å²) in [6.07, 6.45) is 1.66. The van der Waals surface area contributed by atoms with Gasteiger partial charge in [0.05, 0.1) is 29.3 Å². The van der Waals surface area contributed by atoms with Crippen molar-refractivity contribution in [3.05, 3.63) is 46.4 Å². The van der Waals surface area contributed by atoms with Gasteiger partial charge in [-0.2, -0.15) is 0 Å². The first kappa shape index (κ1) is 28.6. The third-order valence-corrected chi connectivity index (χ3v) is 10.4. The van der Waals surface area contributed by atoms with Gasteiger partial charge >= 0.3 is 7.12 Å². The fraction of sp³-hybridized carbons (Fsp3) is 0.600. The summed E-state index contributed by atoms with van der Waals surface area (Å²) >= 11 is 3.55. The summed E-state index contributed by atoms with van der Waals surface area (Å²) in [7, 11) is -0.582. The van der Waals surface area contributed by atoms with Crippen molar-refractivity contribution in [2.24, 2.45) is 23.2 Å². The molecule has 4 fully saturated rings. The van der Waals surface area contributed by atoms with E-state index in [0.717, 1.165) is 23.6 Å². The minimum atomic E-state index is -1.14. The van der Waals surface area contributed by atoms with Crippen LogP contribution < -0.4 is 10.6 Å². The fourth-order valence-corrected chi connectivity index (χ4v) is 7.80. The number of fused-ring (bicyclic) bond motifs is 1. The quantitative estimate of drug-likeness (QED) is 0.376. The molecule has 7 nitrogen and oxygen atoms in total. The lowest BCUT2D eigenvalue weighted by atomic mass is 9.43. The van der Waals surface area contributed by atoms with Crippen molar-refractivity contribution >= 4 is 45.6 Å². The number of aliphatic hydroxyl groups excluding tert-OH is 1. The van der Waals surface area contributed by atoms with Gasteiger partial charge in [0.1, 0.15) is 6.04 Å². The second kappa shape index (κ2) is 10.5. The number of amides is 2. The molecule has 3 N–H and O–H groups in total. The average Bonchev–Trinajstić information content (AvgIpc) is 3.23. The largest absolute Gasteiger partial charge is 0.481 e. The molecule has 1 heterocycles. The van der Waals surface area contributed by atoms with Crippen molar-refractivity contribution in [2.75, 3.05) is 0 Å².